The number of hydrogen-bond donors (Lipinski definition) is 3. The number of nitrogens with one attached hydrogen (secondary N) is 2. The minimum Gasteiger partial charge on any atom is -0.391 e. The van der Waals surface area contributed by atoms with E-state index in [4.69, 9.17) is 0 Å². The quantitative estimate of drug-likeness (QED) is 0.740. The van der Waals surface area contributed by atoms with Crippen molar-refractivity contribution in [3.8, 4) is 0 Å². The third-order valence-electron chi connectivity index (χ3n) is 3.37. The zero-order chi connectivity index (χ0) is 14.3. The normalized spacial score (nSPS) is 12.3. The molecule has 0 heterocycles. The largest absolute Gasteiger partial charge is 0.391 e. The van der Waals surface area contributed by atoms with Crippen LogP contribution in [0.15, 0.2) is 24.3 Å². The van der Waals surface area contributed by atoms with E-state index in [0.29, 0.717) is 0 Å². The first-order chi connectivity index (χ1) is 9.06. The Morgan fingerprint density at radius 2 is 1.79 bits per heavy atom. The summed E-state index contributed by atoms with van der Waals surface area (Å²) in [4.78, 5) is 11.7. The van der Waals surface area contributed by atoms with Gasteiger partial charge in [0.2, 0.25) is 0 Å². The zero-order valence-electron chi connectivity index (χ0n) is 11.9. The lowest BCUT2D eigenvalue weighted by Gasteiger charge is -2.20. The molecule has 0 spiro atoms. The summed E-state index contributed by atoms with van der Waals surface area (Å²) in [5, 5.41) is 15.4. The average Bonchev–Trinajstić information content (AvgIpc) is 2.40. The number of hydrogen-bond acceptors (Lipinski definition) is 2. The average molecular weight is 264 g/mol. The van der Waals surface area contributed by atoms with Crippen molar-refractivity contribution in [1.82, 2.24) is 5.32 Å². The predicted octanol–water partition coefficient (Wildman–Crippen LogP) is 2.91. The molecule has 0 fully saturated rings. The van der Waals surface area contributed by atoms with E-state index in [9.17, 15) is 9.90 Å². The Kier molecular flexibility index (Phi) is 6.36. The molecule has 0 aromatic heterocycles. The second-order valence-corrected chi connectivity index (χ2v) is 4.84. The van der Waals surface area contributed by atoms with E-state index < -0.39 is 6.10 Å². The van der Waals surface area contributed by atoms with Crippen LogP contribution >= 0.6 is 0 Å². The summed E-state index contributed by atoms with van der Waals surface area (Å²) in [5.74, 6) is 0.236. The third-order valence-corrected chi connectivity index (χ3v) is 3.37. The molecule has 4 heteroatoms. The van der Waals surface area contributed by atoms with E-state index in [1.165, 1.54) is 0 Å². The summed E-state index contributed by atoms with van der Waals surface area (Å²) in [7, 11) is 0. The van der Waals surface area contributed by atoms with Gasteiger partial charge < -0.3 is 15.7 Å². The van der Waals surface area contributed by atoms with Crippen molar-refractivity contribution in [2.24, 2.45) is 5.92 Å². The van der Waals surface area contributed by atoms with Crippen LogP contribution < -0.4 is 10.6 Å². The topological polar surface area (TPSA) is 61.4 Å². The molecule has 1 unspecified atom stereocenters. The molecule has 3 N–H and O–H groups in total. The molecule has 0 saturated heterocycles. The van der Waals surface area contributed by atoms with Crippen LogP contribution in [-0.2, 0) is 0 Å². The smallest absolute Gasteiger partial charge is 0.319 e. The van der Waals surface area contributed by atoms with Crippen LogP contribution in [0.2, 0.25) is 0 Å². The number of aliphatic hydroxyl groups is 1. The van der Waals surface area contributed by atoms with E-state index in [-0.39, 0.29) is 18.5 Å². The molecule has 106 valence electrons. The summed E-state index contributed by atoms with van der Waals surface area (Å²) in [5.41, 5.74) is 1.90. The van der Waals surface area contributed by atoms with Crippen molar-refractivity contribution in [2.45, 2.75) is 39.7 Å². The highest BCUT2D eigenvalue weighted by atomic mass is 16.3. The maximum absolute atomic E-state index is 11.7. The SMILES string of the molecule is CCC(CC)C(O)CNC(=O)Nc1ccc(C)cc1. The van der Waals surface area contributed by atoms with Gasteiger partial charge in [-0.1, -0.05) is 44.4 Å². The number of anilines is 1. The first-order valence-corrected chi connectivity index (χ1v) is 6.86. The van der Waals surface area contributed by atoms with Gasteiger partial charge in [0.1, 0.15) is 0 Å². The number of benzene rings is 1. The lowest BCUT2D eigenvalue weighted by Crippen LogP contribution is -2.38. The first kappa shape index (κ1) is 15.5. The van der Waals surface area contributed by atoms with E-state index in [1.54, 1.807) is 0 Å². The van der Waals surface area contributed by atoms with Gasteiger partial charge in [-0.25, -0.2) is 4.79 Å². The Morgan fingerprint density at radius 3 is 2.32 bits per heavy atom. The minimum atomic E-state index is -0.487. The molecule has 1 aromatic rings. The van der Waals surface area contributed by atoms with Crippen LogP contribution in [0, 0.1) is 12.8 Å². The fourth-order valence-corrected chi connectivity index (χ4v) is 2.01. The number of carbonyl (C=O) groups is 1. The lowest BCUT2D eigenvalue weighted by atomic mass is 9.97. The molecule has 1 atom stereocenters. The molecule has 0 radical (unpaired) electrons. The number of aryl methyl sites for hydroxylation is 1. The van der Waals surface area contributed by atoms with Gasteiger partial charge in [0.05, 0.1) is 6.10 Å². The Balaban J connectivity index is 2.37. The van der Waals surface area contributed by atoms with Crippen molar-refractivity contribution in [3.63, 3.8) is 0 Å². The van der Waals surface area contributed by atoms with Crippen LogP contribution in [0.5, 0.6) is 0 Å². The van der Waals surface area contributed by atoms with Gasteiger partial charge >= 0.3 is 6.03 Å². The van der Waals surface area contributed by atoms with E-state index in [1.807, 2.05) is 45.0 Å². The highest BCUT2D eigenvalue weighted by Crippen LogP contribution is 2.12. The predicted molar refractivity (Wildman–Crippen MR) is 78.3 cm³/mol. The molecule has 0 aliphatic carbocycles. The number of rotatable bonds is 6. The molecule has 19 heavy (non-hydrogen) atoms. The van der Waals surface area contributed by atoms with E-state index in [0.717, 1.165) is 24.1 Å². The minimum absolute atomic E-state index is 0.236. The number of aliphatic hydroxyl groups excluding tert-OH is 1. The van der Waals surface area contributed by atoms with Gasteiger partial charge in [0, 0.05) is 12.2 Å². The maximum atomic E-state index is 11.7. The van der Waals surface area contributed by atoms with E-state index >= 15 is 0 Å². The van der Waals surface area contributed by atoms with Crippen molar-refractivity contribution in [2.75, 3.05) is 11.9 Å². The molecule has 0 aliphatic rings. The van der Waals surface area contributed by atoms with Gasteiger partial charge in [-0.2, -0.15) is 0 Å². The second-order valence-electron chi connectivity index (χ2n) is 4.84. The summed E-state index contributed by atoms with van der Waals surface area (Å²) < 4.78 is 0. The van der Waals surface area contributed by atoms with Crippen molar-refractivity contribution in [1.29, 1.82) is 0 Å². The van der Waals surface area contributed by atoms with Crippen LogP contribution in [0.4, 0.5) is 10.5 Å². The first-order valence-electron chi connectivity index (χ1n) is 6.86. The van der Waals surface area contributed by atoms with Gasteiger partial charge in [0.15, 0.2) is 0 Å². The molecule has 1 rings (SSSR count). The van der Waals surface area contributed by atoms with Gasteiger partial charge in [-0.05, 0) is 25.0 Å². The van der Waals surface area contributed by atoms with Crippen LogP contribution in [-0.4, -0.2) is 23.8 Å². The molecular weight excluding hydrogens is 240 g/mol. The Labute approximate surface area is 115 Å². The third kappa shape index (κ3) is 5.30. The Hall–Kier alpha value is -1.55. The summed E-state index contributed by atoms with van der Waals surface area (Å²) in [6.45, 7) is 6.37. The fraction of sp³-hybridized carbons (Fsp3) is 0.533. The van der Waals surface area contributed by atoms with Crippen LogP contribution in [0.25, 0.3) is 0 Å². The molecule has 0 saturated carbocycles. The van der Waals surface area contributed by atoms with Crippen molar-refractivity contribution < 1.29 is 9.90 Å². The highest BCUT2D eigenvalue weighted by Gasteiger charge is 2.16. The molecule has 1 aromatic carbocycles. The van der Waals surface area contributed by atoms with Crippen LogP contribution in [0.1, 0.15) is 32.3 Å². The Bertz CT molecular complexity index is 386. The highest BCUT2D eigenvalue weighted by molar-refractivity contribution is 5.89. The number of urea groups is 1. The van der Waals surface area contributed by atoms with Gasteiger partial charge in [0.25, 0.3) is 0 Å². The monoisotopic (exact) mass is 264 g/mol. The Morgan fingerprint density at radius 1 is 1.21 bits per heavy atom. The maximum Gasteiger partial charge on any atom is 0.319 e. The van der Waals surface area contributed by atoms with Gasteiger partial charge in [-0.3, -0.25) is 0 Å². The number of amides is 2. The zero-order valence-corrected chi connectivity index (χ0v) is 11.9. The standard InChI is InChI=1S/C15H24N2O2/c1-4-12(5-2)14(18)10-16-15(19)17-13-8-6-11(3)7-9-13/h6-9,12,14,18H,4-5,10H2,1-3H3,(H2,16,17,19). The summed E-state index contributed by atoms with van der Waals surface area (Å²) in [6.07, 6.45) is 1.34. The number of carbonyl (C=O) groups excluding carboxylic acids is 1. The molecule has 0 aliphatic heterocycles. The summed E-state index contributed by atoms with van der Waals surface area (Å²) >= 11 is 0. The van der Waals surface area contributed by atoms with Gasteiger partial charge in [-0.15, -0.1) is 0 Å². The van der Waals surface area contributed by atoms with Crippen molar-refractivity contribution >= 4 is 11.7 Å². The molecular formula is C15H24N2O2. The summed E-state index contributed by atoms with van der Waals surface area (Å²) in [6, 6.07) is 7.30. The lowest BCUT2D eigenvalue weighted by molar-refractivity contribution is 0.104. The van der Waals surface area contributed by atoms with Crippen molar-refractivity contribution in [3.05, 3.63) is 29.8 Å². The molecule has 0 bridgehead atoms. The molecule has 4 nitrogen and oxygen atoms in total. The second kappa shape index (κ2) is 7.79. The van der Waals surface area contributed by atoms with E-state index in [2.05, 4.69) is 10.6 Å². The molecule has 2 amide bonds. The fourth-order valence-electron chi connectivity index (χ4n) is 2.01. The van der Waals surface area contributed by atoms with Crippen LogP contribution in [0.3, 0.4) is 0 Å².